The van der Waals surface area contributed by atoms with E-state index >= 15 is 0 Å². The quantitative estimate of drug-likeness (QED) is 0.704. The van der Waals surface area contributed by atoms with E-state index in [0.717, 1.165) is 0 Å². The van der Waals surface area contributed by atoms with Gasteiger partial charge < -0.3 is 4.90 Å². The molecule has 1 aliphatic heterocycles. The number of aryl methyl sites for hydroxylation is 3. The predicted octanol–water partition coefficient (Wildman–Crippen LogP) is 5.14. The summed E-state index contributed by atoms with van der Waals surface area (Å²) >= 11 is 0. The maximum Gasteiger partial charge on any atom is 0.0548 e. The molecule has 1 heteroatoms. The monoisotopic (exact) mass is 314 g/mol. The second-order valence-electron chi connectivity index (χ2n) is 7.10. The molecular weight excluding hydrogens is 290 g/mol. The van der Waals surface area contributed by atoms with E-state index in [0.29, 0.717) is 12.0 Å². The lowest BCUT2D eigenvalue weighted by Crippen LogP contribution is -2.44. The number of likely N-dealkylation sites (N-methyl/N-ethyl adjacent to an activating group) is 1. The van der Waals surface area contributed by atoms with Gasteiger partial charge in [0.05, 0.1) is 6.04 Å². The minimum atomic E-state index is 0.389. The van der Waals surface area contributed by atoms with E-state index in [1.807, 2.05) is 0 Å². The van der Waals surface area contributed by atoms with Crippen LogP contribution in [0.5, 0.6) is 0 Å². The highest BCUT2D eigenvalue weighted by Gasteiger charge is 2.40. The third kappa shape index (κ3) is 2.23. The molecule has 0 aromatic heterocycles. The molecule has 1 radical (unpaired) electrons. The highest BCUT2D eigenvalue weighted by atomic mass is 15.1. The van der Waals surface area contributed by atoms with Crippen LogP contribution in [0.15, 0.2) is 60.7 Å². The first-order chi connectivity index (χ1) is 11.6. The first-order valence-corrected chi connectivity index (χ1v) is 8.70. The number of fused-ring (bicyclic) bond motifs is 2. The molecule has 0 N–H and O–H groups in total. The van der Waals surface area contributed by atoms with Crippen molar-refractivity contribution in [1.82, 2.24) is 0 Å². The topological polar surface area (TPSA) is 3.24 Å². The Bertz CT molecular complexity index is 820. The molecule has 24 heavy (non-hydrogen) atoms. The van der Waals surface area contributed by atoms with Gasteiger partial charge in [0.15, 0.2) is 0 Å². The first kappa shape index (κ1) is 15.3. The van der Waals surface area contributed by atoms with E-state index < -0.39 is 0 Å². The Morgan fingerprint density at radius 1 is 0.875 bits per heavy atom. The van der Waals surface area contributed by atoms with Crippen LogP contribution < -0.4 is 4.90 Å². The molecule has 1 aliphatic carbocycles. The summed E-state index contributed by atoms with van der Waals surface area (Å²) in [6, 6.07) is 13.8. The van der Waals surface area contributed by atoms with E-state index in [1.54, 1.807) is 0 Å². The summed E-state index contributed by atoms with van der Waals surface area (Å²) in [5.74, 6) is 1.87. The summed E-state index contributed by atoms with van der Waals surface area (Å²) in [5.41, 5.74) is 8.22. The van der Waals surface area contributed by atoms with Crippen molar-refractivity contribution in [2.24, 2.45) is 5.92 Å². The highest BCUT2D eigenvalue weighted by molar-refractivity contribution is 5.71. The van der Waals surface area contributed by atoms with Crippen molar-refractivity contribution in [3.05, 3.63) is 94.4 Å². The van der Waals surface area contributed by atoms with Crippen LogP contribution in [0.1, 0.15) is 27.8 Å². The molecule has 4 rings (SSSR count). The Kier molecular flexibility index (Phi) is 3.60. The third-order valence-electron chi connectivity index (χ3n) is 5.41. The molecule has 0 fully saturated rings. The second-order valence-corrected chi connectivity index (χ2v) is 7.10. The normalized spacial score (nSPS) is 22.4. The maximum atomic E-state index is 2.42. The van der Waals surface area contributed by atoms with Crippen LogP contribution >= 0.6 is 0 Å². The van der Waals surface area contributed by atoms with Crippen LogP contribution in [0.2, 0.25) is 0 Å². The summed E-state index contributed by atoms with van der Waals surface area (Å²) in [4.78, 5) is 2.42. The number of hydrogen-bond acceptors (Lipinski definition) is 1. The smallest absolute Gasteiger partial charge is 0.0548 e. The molecule has 1 nitrogen and oxygen atoms in total. The van der Waals surface area contributed by atoms with E-state index in [1.165, 1.54) is 39.4 Å². The lowest BCUT2D eigenvalue weighted by atomic mass is 9.69. The van der Waals surface area contributed by atoms with Crippen LogP contribution in [-0.2, 0) is 0 Å². The van der Waals surface area contributed by atoms with Gasteiger partial charge in [-0.15, -0.1) is 0 Å². The van der Waals surface area contributed by atoms with Crippen LogP contribution in [0.25, 0.3) is 0 Å². The predicted molar refractivity (Wildman–Crippen MR) is 103 cm³/mol. The Morgan fingerprint density at radius 3 is 2.29 bits per heavy atom. The standard InChI is InChI=1S/C23H24N/c1-15-13-16(2)22(17(3)14-15)23-18-9-5-7-11-20(18)24(4)21-12-8-6-10-19(21)23/h5-14,18,20H,1-4H3/t18?,20-/m1/s1. The fraction of sp³-hybridized carbons (Fsp3) is 0.261. The molecule has 0 spiro atoms. The number of nitrogens with zero attached hydrogens (tertiary/aromatic N) is 1. The maximum absolute atomic E-state index is 2.42. The van der Waals surface area contributed by atoms with Crippen LogP contribution in [0.3, 0.4) is 0 Å². The number of allylic oxidation sites excluding steroid dienone is 2. The molecule has 2 aromatic rings. The van der Waals surface area contributed by atoms with Crippen LogP contribution in [0, 0.1) is 32.6 Å². The summed E-state index contributed by atoms with van der Waals surface area (Å²) in [6.45, 7) is 6.68. The van der Waals surface area contributed by atoms with E-state index in [2.05, 4.69) is 93.4 Å². The molecule has 2 atom stereocenters. The fourth-order valence-electron chi connectivity index (χ4n) is 4.49. The number of rotatable bonds is 1. The van der Waals surface area contributed by atoms with Crippen molar-refractivity contribution in [2.45, 2.75) is 26.8 Å². The van der Waals surface area contributed by atoms with E-state index in [4.69, 9.17) is 0 Å². The summed E-state index contributed by atoms with van der Waals surface area (Å²) in [6.07, 6.45) is 9.07. The molecule has 1 heterocycles. The van der Waals surface area contributed by atoms with Gasteiger partial charge in [0.1, 0.15) is 0 Å². The number of benzene rings is 2. The minimum Gasteiger partial charge on any atom is -0.367 e. The van der Waals surface area contributed by atoms with Gasteiger partial charge in [-0.25, -0.2) is 0 Å². The minimum absolute atomic E-state index is 0.389. The van der Waals surface area contributed by atoms with Crippen molar-refractivity contribution in [3.63, 3.8) is 0 Å². The van der Waals surface area contributed by atoms with Crippen molar-refractivity contribution < 1.29 is 0 Å². The summed E-state index contributed by atoms with van der Waals surface area (Å²) < 4.78 is 0. The Balaban J connectivity index is 1.98. The van der Waals surface area contributed by atoms with Crippen molar-refractivity contribution in [2.75, 3.05) is 11.9 Å². The third-order valence-corrected chi connectivity index (χ3v) is 5.41. The largest absolute Gasteiger partial charge is 0.367 e. The highest BCUT2D eigenvalue weighted by Crippen LogP contribution is 2.47. The Labute approximate surface area is 145 Å². The van der Waals surface area contributed by atoms with Gasteiger partial charge in [-0.2, -0.15) is 0 Å². The number of anilines is 1. The van der Waals surface area contributed by atoms with Crippen LogP contribution in [0.4, 0.5) is 5.69 Å². The average Bonchev–Trinajstić information content (AvgIpc) is 2.57. The zero-order chi connectivity index (χ0) is 16.8. The molecule has 0 amide bonds. The van der Waals surface area contributed by atoms with Gasteiger partial charge in [0, 0.05) is 24.6 Å². The number of para-hydroxylation sites is 1. The van der Waals surface area contributed by atoms with Gasteiger partial charge in [0.2, 0.25) is 0 Å². The fourth-order valence-corrected chi connectivity index (χ4v) is 4.49. The molecule has 121 valence electrons. The molecule has 2 aromatic carbocycles. The Morgan fingerprint density at radius 2 is 1.54 bits per heavy atom. The van der Waals surface area contributed by atoms with Gasteiger partial charge in [-0.1, -0.05) is 60.2 Å². The van der Waals surface area contributed by atoms with E-state index in [-0.39, 0.29) is 0 Å². The van der Waals surface area contributed by atoms with Crippen LogP contribution in [-0.4, -0.2) is 13.1 Å². The average molecular weight is 314 g/mol. The molecular formula is C23H24N. The summed E-state index contributed by atoms with van der Waals surface area (Å²) in [7, 11) is 2.21. The first-order valence-electron chi connectivity index (χ1n) is 8.70. The molecule has 0 saturated carbocycles. The van der Waals surface area contributed by atoms with Gasteiger partial charge in [-0.3, -0.25) is 0 Å². The lowest BCUT2D eigenvalue weighted by molar-refractivity contribution is 0.560. The second kappa shape index (κ2) is 5.66. The van der Waals surface area contributed by atoms with Crippen molar-refractivity contribution in [1.29, 1.82) is 0 Å². The molecule has 1 unspecified atom stereocenters. The molecule has 2 aliphatic rings. The van der Waals surface area contributed by atoms with Gasteiger partial charge >= 0.3 is 0 Å². The SMILES string of the molecule is Cc1cc(C)c([C]2c3ccccc3N(C)[C@@H]3C=CC=CC23)c(C)c1. The Hall–Kier alpha value is -2.28. The van der Waals surface area contributed by atoms with Gasteiger partial charge in [-0.05, 0) is 49.1 Å². The van der Waals surface area contributed by atoms with Gasteiger partial charge in [0.25, 0.3) is 0 Å². The zero-order valence-electron chi connectivity index (χ0n) is 14.9. The lowest BCUT2D eigenvalue weighted by Gasteiger charge is -2.45. The number of hydrogen-bond donors (Lipinski definition) is 0. The van der Waals surface area contributed by atoms with Crippen molar-refractivity contribution in [3.8, 4) is 0 Å². The van der Waals surface area contributed by atoms with E-state index in [9.17, 15) is 0 Å². The zero-order valence-corrected chi connectivity index (χ0v) is 14.9. The molecule has 0 saturated heterocycles. The molecule has 0 bridgehead atoms. The van der Waals surface area contributed by atoms with Crippen molar-refractivity contribution >= 4 is 5.69 Å². The summed E-state index contributed by atoms with van der Waals surface area (Å²) in [5, 5.41) is 0.